The molecular weight excluding hydrogens is 236 g/mol. The summed E-state index contributed by atoms with van der Waals surface area (Å²) in [6.45, 7) is 3.57. The van der Waals surface area contributed by atoms with Crippen molar-refractivity contribution in [3.63, 3.8) is 0 Å². The highest BCUT2D eigenvalue weighted by molar-refractivity contribution is 5.47. The van der Waals surface area contributed by atoms with Crippen LogP contribution in [0.3, 0.4) is 0 Å². The van der Waals surface area contributed by atoms with Crippen LogP contribution in [-0.2, 0) is 26.6 Å². The lowest BCUT2D eigenvalue weighted by molar-refractivity contribution is 0.689. The summed E-state index contributed by atoms with van der Waals surface area (Å²) < 4.78 is 1.96. The molecule has 0 fully saturated rings. The van der Waals surface area contributed by atoms with Crippen LogP contribution in [0.5, 0.6) is 0 Å². The number of rotatable bonds is 5. The summed E-state index contributed by atoms with van der Waals surface area (Å²) in [6.07, 6.45) is 0.975. The highest BCUT2D eigenvalue weighted by atomic mass is 15.3. The zero-order valence-corrected chi connectivity index (χ0v) is 11.9. The number of hydrogen-bond donors (Lipinski definition) is 1. The van der Waals surface area contributed by atoms with Gasteiger partial charge in [-0.15, -0.1) is 0 Å². The molecule has 4 nitrogen and oxygen atoms in total. The monoisotopic (exact) mass is 258 g/mol. The van der Waals surface area contributed by atoms with Crippen molar-refractivity contribution in [3.8, 4) is 0 Å². The van der Waals surface area contributed by atoms with E-state index in [4.69, 9.17) is 5.73 Å². The van der Waals surface area contributed by atoms with E-state index in [0.29, 0.717) is 6.54 Å². The molecule has 0 aliphatic rings. The first-order valence-corrected chi connectivity index (χ1v) is 6.66. The van der Waals surface area contributed by atoms with Gasteiger partial charge in [-0.2, -0.15) is 5.10 Å². The lowest BCUT2D eigenvalue weighted by Crippen LogP contribution is -2.18. The number of hydrogen-bond acceptors (Lipinski definition) is 3. The van der Waals surface area contributed by atoms with E-state index in [1.54, 1.807) is 0 Å². The molecule has 1 aromatic carbocycles. The predicted molar refractivity (Wildman–Crippen MR) is 79.0 cm³/mol. The van der Waals surface area contributed by atoms with E-state index in [2.05, 4.69) is 54.3 Å². The van der Waals surface area contributed by atoms with Crippen molar-refractivity contribution in [2.75, 3.05) is 11.9 Å². The van der Waals surface area contributed by atoms with Crippen molar-refractivity contribution >= 4 is 5.69 Å². The van der Waals surface area contributed by atoms with Crippen LogP contribution in [0.2, 0.25) is 0 Å². The minimum atomic E-state index is 0.589. The van der Waals surface area contributed by atoms with Crippen LogP contribution in [-0.4, -0.2) is 16.8 Å². The Labute approximate surface area is 114 Å². The van der Waals surface area contributed by atoms with Gasteiger partial charge in [0.25, 0.3) is 0 Å². The third kappa shape index (κ3) is 3.15. The summed E-state index contributed by atoms with van der Waals surface area (Å²) in [5.41, 5.74) is 10.3. The normalized spacial score (nSPS) is 10.7. The van der Waals surface area contributed by atoms with E-state index in [0.717, 1.165) is 24.2 Å². The molecule has 0 saturated heterocycles. The molecule has 0 unspecified atom stereocenters. The van der Waals surface area contributed by atoms with Crippen LogP contribution in [0.1, 0.15) is 23.9 Å². The van der Waals surface area contributed by atoms with E-state index < -0.39 is 0 Å². The lowest BCUT2D eigenvalue weighted by atomic mass is 10.2. The summed E-state index contributed by atoms with van der Waals surface area (Å²) in [5.74, 6) is 0. The van der Waals surface area contributed by atoms with Gasteiger partial charge in [0.2, 0.25) is 0 Å². The fraction of sp³-hybridized carbons (Fsp3) is 0.400. The molecule has 0 amide bonds. The fourth-order valence-electron chi connectivity index (χ4n) is 2.11. The maximum atomic E-state index is 5.61. The van der Waals surface area contributed by atoms with Crippen molar-refractivity contribution in [2.45, 2.75) is 26.4 Å². The molecule has 4 heteroatoms. The molecular formula is C15H22N4. The maximum Gasteiger partial charge on any atom is 0.0625 e. The van der Waals surface area contributed by atoms with E-state index in [9.17, 15) is 0 Å². The Morgan fingerprint density at radius 1 is 1.26 bits per heavy atom. The van der Waals surface area contributed by atoms with E-state index in [-0.39, 0.29) is 0 Å². The average molecular weight is 258 g/mol. The van der Waals surface area contributed by atoms with Crippen LogP contribution in [0, 0.1) is 0 Å². The Bertz CT molecular complexity index is 528. The van der Waals surface area contributed by atoms with Crippen molar-refractivity contribution < 1.29 is 0 Å². The molecule has 19 heavy (non-hydrogen) atoms. The molecule has 0 saturated carbocycles. The summed E-state index contributed by atoms with van der Waals surface area (Å²) in [7, 11) is 4.09. The third-order valence-electron chi connectivity index (χ3n) is 3.40. The van der Waals surface area contributed by atoms with Crippen LogP contribution >= 0.6 is 0 Å². The van der Waals surface area contributed by atoms with Gasteiger partial charge >= 0.3 is 0 Å². The van der Waals surface area contributed by atoms with E-state index >= 15 is 0 Å². The number of aromatic nitrogens is 2. The standard InChI is InChI=1S/C15H22N4/c1-4-13-9-15(19(3)17-13)11-18(2)14-7-5-12(10-16)6-8-14/h5-9H,4,10-11,16H2,1-3H3. The average Bonchev–Trinajstić information content (AvgIpc) is 2.79. The SMILES string of the molecule is CCc1cc(CN(C)c2ccc(CN)cc2)n(C)n1. The van der Waals surface area contributed by atoms with Gasteiger partial charge in [-0.1, -0.05) is 19.1 Å². The minimum absolute atomic E-state index is 0.589. The largest absolute Gasteiger partial charge is 0.369 e. The van der Waals surface area contributed by atoms with Gasteiger partial charge in [0.05, 0.1) is 17.9 Å². The summed E-state index contributed by atoms with van der Waals surface area (Å²) >= 11 is 0. The quantitative estimate of drug-likeness (QED) is 0.893. The topological polar surface area (TPSA) is 47.1 Å². The molecule has 0 radical (unpaired) electrons. The third-order valence-corrected chi connectivity index (χ3v) is 3.40. The molecule has 2 N–H and O–H groups in total. The van der Waals surface area contributed by atoms with Crippen molar-refractivity contribution in [2.24, 2.45) is 12.8 Å². The molecule has 2 rings (SSSR count). The molecule has 0 atom stereocenters. The number of nitrogens with zero attached hydrogens (tertiary/aromatic N) is 3. The molecule has 0 spiro atoms. The molecule has 0 aliphatic heterocycles. The summed E-state index contributed by atoms with van der Waals surface area (Å²) in [4.78, 5) is 2.22. The Kier molecular flexibility index (Phi) is 4.22. The molecule has 0 bridgehead atoms. The second-order valence-electron chi connectivity index (χ2n) is 4.83. The smallest absolute Gasteiger partial charge is 0.0625 e. The van der Waals surface area contributed by atoms with Gasteiger partial charge in [-0.3, -0.25) is 4.68 Å². The molecule has 1 aromatic heterocycles. The molecule has 102 valence electrons. The van der Waals surface area contributed by atoms with E-state index in [1.165, 1.54) is 11.4 Å². The van der Waals surface area contributed by atoms with Gasteiger partial charge in [-0.25, -0.2) is 0 Å². The second kappa shape index (κ2) is 5.89. The lowest BCUT2D eigenvalue weighted by Gasteiger charge is -2.19. The first-order valence-electron chi connectivity index (χ1n) is 6.66. The summed E-state index contributed by atoms with van der Waals surface area (Å²) in [5, 5.41) is 4.48. The van der Waals surface area contributed by atoms with Gasteiger partial charge in [0.15, 0.2) is 0 Å². The first-order chi connectivity index (χ1) is 9.13. The number of aryl methyl sites for hydroxylation is 2. The highest BCUT2D eigenvalue weighted by Gasteiger charge is 2.07. The number of benzene rings is 1. The van der Waals surface area contributed by atoms with Crippen LogP contribution < -0.4 is 10.6 Å². The Morgan fingerprint density at radius 2 is 1.95 bits per heavy atom. The van der Waals surface area contributed by atoms with Crippen LogP contribution in [0.4, 0.5) is 5.69 Å². The van der Waals surface area contributed by atoms with Crippen molar-refractivity contribution in [1.82, 2.24) is 9.78 Å². The van der Waals surface area contributed by atoms with Crippen LogP contribution in [0.25, 0.3) is 0 Å². The zero-order chi connectivity index (χ0) is 13.8. The minimum Gasteiger partial charge on any atom is -0.369 e. The zero-order valence-electron chi connectivity index (χ0n) is 11.9. The Balaban J connectivity index is 2.10. The maximum absolute atomic E-state index is 5.61. The molecule has 2 aromatic rings. The number of anilines is 1. The van der Waals surface area contributed by atoms with E-state index in [1.807, 2.05) is 11.7 Å². The van der Waals surface area contributed by atoms with Gasteiger partial charge in [0, 0.05) is 26.3 Å². The molecule has 0 aliphatic carbocycles. The second-order valence-corrected chi connectivity index (χ2v) is 4.83. The van der Waals surface area contributed by atoms with Crippen molar-refractivity contribution in [1.29, 1.82) is 0 Å². The first kappa shape index (κ1) is 13.6. The molecule has 1 heterocycles. The van der Waals surface area contributed by atoms with Gasteiger partial charge < -0.3 is 10.6 Å². The van der Waals surface area contributed by atoms with Crippen molar-refractivity contribution in [3.05, 3.63) is 47.3 Å². The predicted octanol–water partition coefficient (Wildman–Crippen LogP) is 2.08. The van der Waals surface area contributed by atoms with Gasteiger partial charge in [0.1, 0.15) is 0 Å². The highest BCUT2D eigenvalue weighted by Crippen LogP contribution is 2.16. The van der Waals surface area contributed by atoms with Crippen LogP contribution in [0.15, 0.2) is 30.3 Å². The Morgan fingerprint density at radius 3 is 2.47 bits per heavy atom. The van der Waals surface area contributed by atoms with Gasteiger partial charge in [-0.05, 0) is 30.2 Å². The fourth-order valence-corrected chi connectivity index (χ4v) is 2.11. The summed E-state index contributed by atoms with van der Waals surface area (Å²) in [6, 6.07) is 10.5. The number of nitrogens with two attached hydrogens (primary N) is 1. The Hall–Kier alpha value is -1.81.